The molecule has 136 valence electrons. The molecule has 0 bridgehead atoms. The summed E-state index contributed by atoms with van der Waals surface area (Å²) >= 11 is 0. The third-order valence-electron chi connectivity index (χ3n) is 4.33. The van der Waals surface area contributed by atoms with E-state index in [1.165, 1.54) is 25.3 Å². The highest BCUT2D eigenvalue weighted by molar-refractivity contribution is 5.91. The molecular weight excluding hydrogens is 328 g/mol. The van der Waals surface area contributed by atoms with E-state index >= 15 is 0 Å². The highest BCUT2D eigenvalue weighted by Crippen LogP contribution is 2.17. The van der Waals surface area contributed by atoms with Crippen molar-refractivity contribution in [2.45, 2.75) is 25.8 Å². The minimum absolute atomic E-state index is 0.173. The number of amides is 1. The first-order valence-corrected chi connectivity index (χ1v) is 8.91. The van der Waals surface area contributed by atoms with Crippen LogP contribution in [0.4, 0.5) is 5.82 Å². The Bertz CT molecular complexity index is 753. The number of aromatic nitrogens is 2. The van der Waals surface area contributed by atoms with Crippen LogP contribution in [0.2, 0.25) is 0 Å². The van der Waals surface area contributed by atoms with E-state index in [1.807, 2.05) is 30.3 Å². The summed E-state index contributed by atoms with van der Waals surface area (Å²) in [6, 6.07) is 9.44. The van der Waals surface area contributed by atoms with Gasteiger partial charge < -0.3 is 15.0 Å². The highest BCUT2D eigenvalue weighted by Gasteiger charge is 2.12. The van der Waals surface area contributed by atoms with E-state index < -0.39 is 0 Å². The van der Waals surface area contributed by atoms with Gasteiger partial charge in [-0.05, 0) is 49.1 Å². The van der Waals surface area contributed by atoms with Crippen molar-refractivity contribution in [3.05, 3.63) is 54.0 Å². The van der Waals surface area contributed by atoms with Gasteiger partial charge in [0.25, 0.3) is 0 Å². The number of carbonyl (C=O) groups is 1. The van der Waals surface area contributed by atoms with Gasteiger partial charge in [-0.3, -0.25) is 4.79 Å². The number of methoxy groups -OCH3 is 1. The average Bonchev–Trinajstić information content (AvgIpc) is 2.72. The SMILES string of the molecule is COc1ccc(/C=C/C(=O)NCc2nccc(N3CCCCC3)n2)cc1. The van der Waals surface area contributed by atoms with Gasteiger partial charge in [0.15, 0.2) is 0 Å². The van der Waals surface area contributed by atoms with Crippen molar-refractivity contribution < 1.29 is 9.53 Å². The number of hydrogen-bond acceptors (Lipinski definition) is 5. The van der Waals surface area contributed by atoms with Crippen LogP contribution in [0, 0.1) is 0 Å². The molecular formula is C20H24N4O2. The first-order chi connectivity index (χ1) is 12.7. The molecule has 1 aliphatic rings. The minimum Gasteiger partial charge on any atom is -0.497 e. The van der Waals surface area contributed by atoms with Gasteiger partial charge >= 0.3 is 0 Å². The van der Waals surface area contributed by atoms with E-state index in [0.717, 1.165) is 30.2 Å². The van der Waals surface area contributed by atoms with Crippen molar-refractivity contribution in [1.82, 2.24) is 15.3 Å². The maximum atomic E-state index is 12.0. The molecule has 0 atom stereocenters. The van der Waals surface area contributed by atoms with Gasteiger partial charge in [0.2, 0.25) is 5.91 Å². The van der Waals surface area contributed by atoms with Gasteiger partial charge in [-0.2, -0.15) is 0 Å². The van der Waals surface area contributed by atoms with Gasteiger partial charge in [0.05, 0.1) is 13.7 Å². The molecule has 0 aliphatic carbocycles. The predicted octanol–water partition coefficient (Wildman–Crippen LogP) is 2.81. The lowest BCUT2D eigenvalue weighted by atomic mass is 10.1. The fourth-order valence-electron chi connectivity index (χ4n) is 2.88. The number of ether oxygens (including phenoxy) is 1. The monoisotopic (exact) mass is 352 g/mol. The summed E-state index contributed by atoms with van der Waals surface area (Å²) in [6.45, 7) is 2.38. The lowest BCUT2D eigenvalue weighted by molar-refractivity contribution is -0.116. The maximum absolute atomic E-state index is 12.0. The second kappa shape index (κ2) is 8.99. The molecule has 1 fully saturated rings. The molecule has 0 radical (unpaired) electrons. The average molecular weight is 352 g/mol. The number of piperidine rings is 1. The fraction of sp³-hybridized carbons (Fsp3) is 0.350. The fourth-order valence-corrected chi connectivity index (χ4v) is 2.88. The molecule has 1 aliphatic heterocycles. The van der Waals surface area contributed by atoms with Crippen LogP contribution in [-0.4, -0.2) is 36.1 Å². The summed E-state index contributed by atoms with van der Waals surface area (Å²) in [7, 11) is 1.63. The molecule has 0 saturated carbocycles. The number of nitrogens with zero attached hydrogens (tertiary/aromatic N) is 3. The van der Waals surface area contributed by atoms with Gasteiger partial charge in [-0.25, -0.2) is 9.97 Å². The molecule has 1 aromatic heterocycles. The molecule has 2 aromatic rings. The van der Waals surface area contributed by atoms with Crippen molar-refractivity contribution in [3.8, 4) is 5.75 Å². The summed E-state index contributed by atoms with van der Waals surface area (Å²) in [5, 5.41) is 2.83. The van der Waals surface area contributed by atoms with Gasteiger partial charge in [0.1, 0.15) is 17.4 Å². The number of carbonyl (C=O) groups excluding carboxylic acids is 1. The van der Waals surface area contributed by atoms with E-state index in [1.54, 1.807) is 19.4 Å². The summed E-state index contributed by atoms with van der Waals surface area (Å²) in [5.41, 5.74) is 0.935. The lowest BCUT2D eigenvalue weighted by Gasteiger charge is -2.27. The summed E-state index contributed by atoms with van der Waals surface area (Å²) in [4.78, 5) is 23.1. The molecule has 0 spiro atoms. The van der Waals surface area contributed by atoms with E-state index in [2.05, 4.69) is 20.2 Å². The van der Waals surface area contributed by atoms with Gasteiger partial charge in [-0.1, -0.05) is 12.1 Å². The Balaban J connectivity index is 1.52. The topological polar surface area (TPSA) is 67.3 Å². The van der Waals surface area contributed by atoms with Crippen LogP contribution in [0.3, 0.4) is 0 Å². The van der Waals surface area contributed by atoms with Gasteiger partial charge in [-0.15, -0.1) is 0 Å². The molecule has 26 heavy (non-hydrogen) atoms. The normalized spacial score (nSPS) is 14.4. The molecule has 6 nitrogen and oxygen atoms in total. The van der Waals surface area contributed by atoms with Crippen molar-refractivity contribution in [1.29, 1.82) is 0 Å². The van der Waals surface area contributed by atoms with Crippen LogP contribution in [0.25, 0.3) is 6.08 Å². The Morgan fingerprint density at radius 1 is 1.19 bits per heavy atom. The van der Waals surface area contributed by atoms with Crippen molar-refractivity contribution in [2.75, 3.05) is 25.1 Å². The van der Waals surface area contributed by atoms with Crippen LogP contribution in [-0.2, 0) is 11.3 Å². The zero-order chi connectivity index (χ0) is 18.2. The van der Waals surface area contributed by atoms with Crippen molar-refractivity contribution in [2.24, 2.45) is 0 Å². The summed E-state index contributed by atoms with van der Waals surface area (Å²) in [6.07, 6.45) is 8.71. The number of anilines is 1. The maximum Gasteiger partial charge on any atom is 0.244 e. The Morgan fingerprint density at radius 3 is 2.69 bits per heavy atom. The Hall–Kier alpha value is -2.89. The lowest BCUT2D eigenvalue weighted by Crippen LogP contribution is -2.30. The molecule has 3 rings (SSSR count). The molecule has 1 N–H and O–H groups in total. The molecule has 1 saturated heterocycles. The van der Waals surface area contributed by atoms with Crippen LogP contribution < -0.4 is 15.0 Å². The van der Waals surface area contributed by atoms with E-state index in [4.69, 9.17) is 4.74 Å². The van der Waals surface area contributed by atoms with Crippen LogP contribution in [0.5, 0.6) is 5.75 Å². The second-order valence-electron chi connectivity index (χ2n) is 6.20. The zero-order valence-electron chi connectivity index (χ0n) is 15.0. The molecule has 6 heteroatoms. The Labute approximate surface area is 153 Å². The summed E-state index contributed by atoms with van der Waals surface area (Å²) in [5.74, 6) is 2.18. The van der Waals surface area contributed by atoms with Crippen molar-refractivity contribution in [3.63, 3.8) is 0 Å². The molecule has 1 aromatic carbocycles. The largest absolute Gasteiger partial charge is 0.497 e. The number of rotatable bonds is 6. The molecule has 2 heterocycles. The Kier molecular flexibility index (Phi) is 6.19. The van der Waals surface area contributed by atoms with Crippen LogP contribution in [0.15, 0.2) is 42.6 Å². The first kappa shape index (κ1) is 17.9. The van der Waals surface area contributed by atoms with E-state index in [9.17, 15) is 4.79 Å². The second-order valence-corrected chi connectivity index (χ2v) is 6.20. The van der Waals surface area contributed by atoms with Crippen LogP contribution in [0.1, 0.15) is 30.7 Å². The first-order valence-electron chi connectivity index (χ1n) is 8.91. The van der Waals surface area contributed by atoms with E-state index in [0.29, 0.717) is 12.4 Å². The standard InChI is InChI=1S/C20H24N4O2/c1-26-17-8-5-16(6-9-17)7-10-20(25)22-15-18-21-12-11-19(23-18)24-13-3-2-4-14-24/h5-12H,2-4,13-15H2,1H3,(H,22,25)/b10-7+. The quantitative estimate of drug-likeness (QED) is 0.810. The summed E-state index contributed by atoms with van der Waals surface area (Å²) < 4.78 is 5.12. The van der Waals surface area contributed by atoms with Crippen LogP contribution >= 0.6 is 0 Å². The third-order valence-corrected chi connectivity index (χ3v) is 4.33. The predicted molar refractivity (Wildman–Crippen MR) is 102 cm³/mol. The minimum atomic E-state index is -0.173. The molecule has 0 unspecified atom stereocenters. The van der Waals surface area contributed by atoms with Gasteiger partial charge in [0, 0.05) is 25.4 Å². The molecule has 1 amide bonds. The highest BCUT2D eigenvalue weighted by atomic mass is 16.5. The Morgan fingerprint density at radius 2 is 1.96 bits per heavy atom. The number of hydrogen-bond donors (Lipinski definition) is 1. The smallest absolute Gasteiger partial charge is 0.244 e. The van der Waals surface area contributed by atoms with Crippen molar-refractivity contribution >= 4 is 17.8 Å². The zero-order valence-corrected chi connectivity index (χ0v) is 15.0. The van der Waals surface area contributed by atoms with E-state index in [-0.39, 0.29) is 5.91 Å². The number of benzene rings is 1. The third kappa shape index (κ3) is 5.05. The number of nitrogens with one attached hydrogen (secondary N) is 1.